The molecule has 0 saturated carbocycles. The Morgan fingerprint density at radius 1 is 1.15 bits per heavy atom. The Kier molecular flexibility index (Phi) is 7.99. The van der Waals surface area contributed by atoms with Crippen molar-refractivity contribution in [1.82, 2.24) is 10.6 Å². The smallest absolute Gasteiger partial charge is 0.338 e. The van der Waals surface area contributed by atoms with Crippen LogP contribution in [0, 0.1) is 0 Å². The minimum Gasteiger partial charge on any atom is -0.465 e. The van der Waals surface area contributed by atoms with Crippen LogP contribution in [0.3, 0.4) is 0 Å². The third-order valence-electron chi connectivity index (χ3n) is 3.62. The van der Waals surface area contributed by atoms with E-state index in [0.717, 1.165) is 0 Å². The van der Waals surface area contributed by atoms with Crippen molar-refractivity contribution >= 4 is 41.3 Å². The fourth-order valence-electron chi connectivity index (χ4n) is 2.53. The van der Waals surface area contributed by atoms with Gasteiger partial charge in [0.15, 0.2) is 0 Å². The van der Waals surface area contributed by atoms with E-state index in [-0.39, 0.29) is 24.1 Å². The van der Waals surface area contributed by atoms with Gasteiger partial charge in [0.05, 0.1) is 30.6 Å². The molecule has 1 atom stereocenters. The van der Waals surface area contributed by atoms with Crippen LogP contribution in [-0.2, 0) is 19.1 Å². The first-order chi connectivity index (χ1) is 13.0. The van der Waals surface area contributed by atoms with E-state index in [4.69, 9.17) is 21.1 Å². The van der Waals surface area contributed by atoms with Crippen LogP contribution >= 0.6 is 23.4 Å². The number of nitrogens with one attached hydrogen (secondary N) is 2. The summed E-state index contributed by atoms with van der Waals surface area (Å²) >= 11 is 7.17. The second-order valence-electron chi connectivity index (χ2n) is 5.49. The standard InChI is InChI=1S/C18H21ClN2O5S/c1-3-25-14(22)10-27-9-13-15(17(23)26-4-2)16(21-18(24)20-13)11-5-7-12(19)8-6-11/h5-8,16H,3-4,9-10H2,1-2H3,(H2,20,21,24)/t16-/m1/s1. The highest BCUT2D eigenvalue weighted by atomic mass is 35.5. The number of esters is 2. The average molecular weight is 413 g/mol. The topological polar surface area (TPSA) is 93.7 Å². The zero-order valence-electron chi connectivity index (χ0n) is 15.0. The number of amides is 2. The first-order valence-corrected chi connectivity index (χ1v) is 9.96. The van der Waals surface area contributed by atoms with Crippen molar-refractivity contribution < 1.29 is 23.9 Å². The number of urea groups is 1. The molecule has 2 rings (SSSR count). The zero-order valence-corrected chi connectivity index (χ0v) is 16.6. The molecule has 0 unspecified atom stereocenters. The molecule has 1 aromatic rings. The van der Waals surface area contributed by atoms with Crippen molar-refractivity contribution in [1.29, 1.82) is 0 Å². The van der Waals surface area contributed by atoms with Crippen molar-refractivity contribution in [3.05, 3.63) is 46.1 Å². The van der Waals surface area contributed by atoms with Crippen LogP contribution in [-0.4, -0.2) is 42.7 Å². The lowest BCUT2D eigenvalue weighted by molar-refractivity contribution is -0.140. The van der Waals surface area contributed by atoms with Gasteiger partial charge < -0.3 is 20.1 Å². The van der Waals surface area contributed by atoms with Crippen LogP contribution in [0.1, 0.15) is 25.5 Å². The molecule has 0 bridgehead atoms. The average Bonchev–Trinajstić information content (AvgIpc) is 2.62. The summed E-state index contributed by atoms with van der Waals surface area (Å²) in [6, 6.07) is 5.73. The van der Waals surface area contributed by atoms with Gasteiger partial charge in [-0.25, -0.2) is 9.59 Å². The van der Waals surface area contributed by atoms with Crippen LogP contribution in [0.15, 0.2) is 35.5 Å². The van der Waals surface area contributed by atoms with E-state index in [0.29, 0.717) is 28.5 Å². The van der Waals surface area contributed by atoms with E-state index in [1.54, 1.807) is 38.1 Å². The maximum atomic E-state index is 12.6. The van der Waals surface area contributed by atoms with Gasteiger partial charge in [0, 0.05) is 16.5 Å². The maximum Gasteiger partial charge on any atom is 0.338 e. The lowest BCUT2D eigenvalue weighted by Gasteiger charge is -2.29. The quantitative estimate of drug-likeness (QED) is 0.638. The Morgan fingerprint density at radius 3 is 2.44 bits per heavy atom. The predicted octanol–water partition coefficient (Wildman–Crippen LogP) is 2.81. The van der Waals surface area contributed by atoms with E-state index in [1.807, 2.05) is 0 Å². The van der Waals surface area contributed by atoms with Gasteiger partial charge in [-0.1, -0.05) is 23.7 Å². The van der Waals surface area contributed by atoms with Crippen LogP contribution in [0.25, 0.3) is 0 Å². The molecular weight excluding hydrogens is 392 g/mol. The number of halogens is 1. The number of thioether (sulfide) groups is 1. The molecule has 2 amide bonds. The highest BCUT2D eigenvalue weighted by Gasteiger charge is 2.33. The summed E-state index contributed by atoms with van der Waals surface area (Å²) in [4.78, 5) is 36.2. The third kappa shape index (κ3) is 5.90. The summed E-state index contributed by atoms with van der Waals surface area (Å²) in [6.07, 6.45) is 0. The number of benzene rings is 1. The minimum absolute atomic E-state index is 0.113. The van der Waals surface area contributed by atoms with Crippen LogP contribution in [0.4, 0.5) is 4.79 Å². The number of ether oxygens (including phenoxy) is 2. The molecule has 1 aliphatic heterocycles. The Bertz CT molecular complexity index is 736. The van der Waals surface area contributed by atoms with Gasteiger partial charge in [-0.2, -0.15) is 0 Å². The van der Waals surface area contributed by atoms with Crippen molar-refractivity contribution in [2.45, 2.75) is 19.9 Å². The summed E-state index contributed by atoms with van der Waals surface area (Å²) < 4.78 is 10.1. The maximum absolute atomic E-state index is 12.6. The van der Waals surface area contributed by atoms with Crippen LogP contribution < -0.4 is 10.6 Å². The van der Waals surface area contributed by atoms with Gasteiger partial charge in [0.25, 0.3) is 0 Å². The summed E-state index contributed by atoms with van der Waals surface area (Å²) in [5.41, 5.74) is 1.41. The highest BCUT2D eigenvalue weighted by Crippen LogP contribution is 2.29. The van der Waals surface area contributed by atoms with Crippen molar-refractivity contribution in [3.63, 3.8) is 0 Å². The largest absolute Gasteiger partial charge is 0.465 e. The SMILES string of the molecule is CCOC(=O)CSCC1=C(C(=O)OCC)[C@@H](c2ccc(Cl)cc2)NC(=O)N1. The summed E-state index contributed by atoms with van der Waals surface area (Å²) in [5.74, 6) is -0.515. The van der Waals surface area contributed by atoms with Gasteiger partial charge in [0.2, 0.25) is 0 Å². The molecule has 1 heterocycles. The highest BCUT2D eigenvalue weighted by molar-refractivity contribution is 8.00. The Balaban J connectivity index is 2.30. The lowest BCUT2D eigenvalue weighted by atomic mass is 9.95. The van der Waals surface area contributed by atoms with E-state index in [2.05, 4.69) is 10.6 Å². The molecule has 7 nitrogen and oxygen atoms in total. The lowest BCUT2D eigenvalue weighted by Crippen LogP contribution is -2.46. The second-order valence-corrected chi connectivity index (χ2v) is 6.92. The molecule has 0 saturated heterocycles. The summed E-state index contributed by atoms with van der Waals surface area (Å²) in [7, 11) is 0. The minimum atomic E-state index is -0.673. The first-order valence-electron chi connectivity index (χ1n) is 8.42. The summed E-state index contributed by atoms with van der Waals surface area (Å²) in [5, 5.41) is 5.94. The van der Waals surface area contributed by atoms with Gasteiger partial charge >= 0.3 is 18.0 Å². The number of hydrogen-bond acceptors (Lipinski definition) is 6. The van der Waals surface area contributed by atoms with E-state index >= 15 is 0 Å². The van der Waals surface area contributed by atoms with Gasteiger partial charge in [0.1, 0.15) is 0 Å². The molecule has 146 valence electrons. The molecule has 0 aliphatic carbocycles. The third-order valence-corrected chi connectivity index (χ3v) is 4.81. The molecule has 0 aromatic heterocycles. The van der Waals surface area contributed by atoms with Crippen LogP contribution in [0.2, 0.25) is 5.02 Å². The molecule has 9 heteroatoms. The normalized spacial score (nSPS) is 16.4. The van der Waals surface area contributed by atoms with Crippen molar-refractivity contribution in [2.75, 3.05) is 24.7 Å². The monoisotopic (exact) mass is 412 g/mol. The predicted molar refractivity (Wildman–Crippen MR) is 103 cm³/mol. The Hall–Kier alpha value is -2.19. The second kappa shape index (κ2) is 10.2. The summed E-state index contributed by atoms with van der Waals surface area (Å²) in [6.45, 7) is 3.94. The molecular formula is C18H21ClN2O5S. The van der Waals surface area contributed by atoms with Crippen molar-refractivity contribution in [3.8, 4) is 0 Å². The number of carbonyl (C=O) groups excluding carboxylic acids is 3. The molecule has 0 spiro atoms. The molecule has 1 aromatic carbocycles. The van der Waals surface area contributed by atoms with E-state index < -0.39 is 18.0 Å². The van der Waals surface area contributed by atoms with Crippen molar-refractivity contribution in [2.24, 2.45) is 0 Å². The molecule has 0 radical (unpaired) electrons. The molecule has 0 fully saturated rings. The Morgan fingerprint density at radius 2 is 1.81 bits per heavy atom. The fraction of sp³-hybridized carbons (Fsp3) is 0.389. The number of rotatable bonds is 8. The first kappa shape index (κ1) is 21.1. The van der Waals surface area contributed by atoms with Gasteiger partial charge in [-0.15, -0.1) is 11.8 Å². The number of carbonyl (C=O) groups is 3. The van der Waals surface area contributed by atoms with Gasteiger partial charge in [-0.05, 0) is 31.5 Å². The van der Waals surface area contributed by atoms with E-state index in [1.165, 1.54) is 11.8 Å². The van der Waals surface area contributed by atoms with Crippen LogP contribution in [0.5, 0.6) is 0 Å². The number of hydrogen-bond donors (Lipinski definition) is 2. The molecule has 2 N–H and O–H groups in total. The van der Waals surface area contributed by atoms with E-state index in [9.17, 15) is 14.4 Å². The fourth-order valence-corrected chi connectivity index (χ4v) is 3.44. The molecule has 27 heavy (non-hydrogen) atoms. The Labute approximate surface area is 166 Å². The zero-order chi connectivity index (χ0) is 19.8. The van der Waals surface area contributed by atoms with Gasteiger partial charge in [-0.3, -0.25) is 4.79 Å². The molecule has 1 aliphatic rings.